The number of hydrogen-bond acceptors (Lipinski definition) is 3. The van der Waals surface area contributed by atoms with Crippen LogP contribution in [-0.4, -0.2) is 0 Å². The first-order chi connectivity index (χ1) is 7.65. The Morgan fingerprint density at radius 3 is 2.81 bits per heavy atom. The number of thioether (sulfide) groups is 1. The Morgan fingerprint density at radius 1 is 1.31 bits per heavy atom. The summed E-state index contributed by atoms with van der Waals surface area (Å²) in [6.45, 7) is 2.08. The Hall–Kier alpha value is -0.870. The average Bonchev–Trinajstić information content (AvgIpc) is 2.66. The number of anilines is 1. The maximum Gasteiger partial charge on any atom is 0.169 e. The Morgan fingerprint density at radius 2 is 2.12 bits per heavy atom. The van der Waals surface area contributed by atoms with Crippen molar-refractivity contribution in [2.45, 2.75) is 17.6 Å². The molecule has 1 aromatic heterocycles. The van der Waals surface area contributed by atoms with Crippen molar-refractivity contribution in [2.75, 3.05) is 5.73 Å². The molecule has 0 aliphatic carbocycles. The van der Waals surface area contributed by atoms with Gasteiger partial charge in [0.25, 0.3) is 0 Å². The van der Waals surface area contributed by atoms with Crippen molar-refractivity contribution in [3.63, 3.8) is 0 Å². The molecule has 0 spiro atoms. The number of halogens is 1. The normalized spacial score (nSPS) is 10.6. The molecule has 2 N–H and O–H groups in total. The van der Waals surface area contributed by atoms with Crippen molar-refractivity contribution in [1.82, 2.24) is 0 Å². The molecule has 2 nitrogen and oxygen atoms in total. The second-order valence-corrected chi connectivity index (χ2v) is 5.32. The third-order valence-corrected chi connectivity index (χ3v) is 3.82. The fourth-order valence-corrected chi connectivity index (χ4v) is 2.66. The Bertz CT molecular complexity index is 496. The third-order valence-electron chi connectivity index (χ3n) is 2.21. The van der Waals surface area contributed by atoms with Gasteiger partial charge in [0.15, 0.2) is 4.67 Å². The highest BCUT2D eigenvalue weighted by molar-refractivity contribution is 9.10. The van der Waals surface area contributed by atoms with E-state index >= 15 is 0 Å². The summed E-state index contributed by atoms with van der Waals surface area (Å²) in [7, 11) is 0. The van der Waals surface area contributed by atoms with E-state index in [9.17, 15) is 0 Å². The summed E-state index contributed by atoms with van der Waals surface area (Å²) in [6, 6.07) is 9.83. The van der Waals surface area contributed by atoms with Gasteiger partial charge in [-0.3, -0.25) is 0 Å². The van der Waals surface area contributed by atoms with Crippen molar-refractivity contribution < 1.29 is 4.42 Å². The van der Waals surface area contributed by atoms with E-state index in [2.05, 4.69) is 22.9 Å². The van der Waals surface area contributed by atoms with Gasteiger partial charge in [-0.1, -0.05) is 6.07 Å². The van der Waals surface area contributed by atoms with Crippen LogP contribution in [0.15, 0.2) is 44.3 Å². The van der Waals surface area contributed by atoms with E-state index in [0.717, 1.165) is 21.9 Å². The van der Waals surface area contributed by atoms with Crippen LogP contribution in [0.1, 0.15) is 11.3 Å². The average molecular weight is 298 g/mol. The van der Waals surface area contributed by atoms with Gasteiger partial charge in [0, 0.05) is 10.6 Å². The van der Waals surface area contributed by atoms with Gasteiger partial charge in [-0.2, -0.15) is 0 Å². The highest BCUT2D eigenvalue weighted by Gasteiger charge is 2.03. The molecule has 1 heterocycles. The van der Waals surface area contributed by atoms with Crippen molar-refractivity contribution in [1.29, 1.82) is 0 Å². The van der Waals surface area contributed by atoms with Gasteiger partial charge >= 0.3 is 0 Å². The SMILES string of the molecule is Cc1ccc(N)cc1SCc1ccc(Br)o1. The number of hydrogen-bond donors (Lipinski definition) is 1. The first kappa shape index (κ1) is 11.6. The van der Waals surface area contributed by atoms with Gasteiger partial charge in [-0.15, -0.1) is 11.8 Å². The first-order valence-electron chi connectivity index (χ1n) is 4.88. The molecule has 0 radical (unpaired) electrons. The molecule has 0 amide bonds. The predicted molar refractivity (Wildman–Crippen MR) is 71.6 cm³/mol. The molecule has 16 heavy (non-hydrogen) atoms. The number of benzene rings is 1. The van der Waals surface area contributed by atoms with E-state index in [1.54, 1.807) is 11.8 Å². The van der Waals surface area contributed by atoms with Gasteiger partial charge in [-0.05, 0) is 52.7 Å². The summed E-state index contributed by atoms with van der Waals surface area (Å²) in [4.78, 5) is 1.20. The fraction of sp³-hybridized carbons (Fsp3) is 0.167. The van der Waals surface area contributed by atoms with E-state index < -0.39 is 0 Å². The lowest BCUT2D eigenvalue weighted by molar-refractivity contribution is 0.507. The quantitative estimate of drug-likeness (QED) is 0.681. The van der Waals surface area contributed by atoms with Crippen LogP contribution in [0.5, 0.6) is 0 Å². The molecule has 0 fully saturated rings. The second-order valence-electron chi connectivity index (χ2n) is 3.52. The lowest BCUT2D eigenvalue weighted by Gasteiger charge is -2.05. The zero-order valence-electron chi connectivity index (χ0n) is 8.87. The maximum absolute atomic E-state index is 5.76. The highest BCUT2D eigenvalue weighted by Crippen LogP contribution is 2.28. The molecular weight excluding hydrogens is 286 g/mol. The van der Waals surface area contributed by atoms with Crippen LogP contribution < -0.4 is 5.73 Å². The van der Waals surface area contributed by atoms with E-state index in [-0.39, 0.29) is 0 Å². The minimum absolute atomic E-state index is 0.771. The van der Waals surface area contributed by atoms with Crippen LogP contribution in [0.4, 0.5) is 5.69 Å². The number of aryl methyl sites for hydroxylation is 1. The van der Waals surface area contributed by atoms with E-state index in [0.29, 0.717) is 0 Å². The second kappa shape index (κ2) is 4.97. The minimum Gasteiger partial charge on any atom is -0.453 e. The Kier molecular flexibility index (Phi) is 3.61. The molecule has 0 saturated heterocycles. The molecule has 0 unspecified atom stereocenters. The molecule has 2 aromatic rings. The lowest BCUT2D eigenvalue weighted by Crippen LogP contribution is -1.87. The minimum atomic E-state index is 0.771. The molecule has 0 atom stereocenters. The predicted octanol–water partition coefficient (Wildman–Crippen LogP) is 4.23. The summed E-state index contributed by atoms with van der Waals surface area (Å²) in [6.07, 6.45) is 0. The molecule has 84 valence electrons. The van der Waals surface area contributed by atoms with Gasteiger partial charge in [0.1, 0.15) is 5.76 Å². The summed E-state index contributed by atoms with van der Waals surface area (Å²) >= 11 is 5.02. The van der Waals surface area contributed by atoms with Gasteiger partial charge < -0.3 is 10.2 Å². The smallest absolute Gasteiger partial charge is 0.169 e. The van der Waals surface area contributed by atoms with Crippen LogP contribution in [-0.2, 0) is 5.75 Å². The molecule has 1 aromatic carbocycles. The molecular formula is C12H12BrNOS. The zero-order valence-corrected chi connectivity index (χ0v) is 11.3. The summed E-state index contributed by atoms with van der Waals surface area (Å²) in [5.41, 5.74) is 7.80. The molecule has 2 rings (SSSR count). The Labute approximate surface area is 107 Å². The molecule has 0 aliphatic heterocycles. The van der Waals surface area contributed by atoms with Crippen LogP contribution in [0, 0.1) is 6.92 Å². The van der Waals surface area contributed by atoms with Crippen molar-refractivity contribution in [3.8, 4) is 0 Å². The molecule has 0 saturated carbocycles. The highest BCUT2D eigenvalue weighted by atomic mass is 79.9. The largest absolute Gasteiger partial charge is 0.453 e. The lowest BCUT2D eigenvalue weighted by atomic mass is 10.2. The topological polar surface area (TPSA) is 39.2 Å². The fourth-order valence-electron chi connectivity index (χ4n) is 1.35. The van der Waals surface area contributed by atoms with Crippen LogP contribution in [0.3, 0.4) is 0 Å². The summed E-state index contributed by atoms with van der Waals surface area (Å²) in [5.74, 6) is 1.77. The van der Waals surface area contributed by atoms with Crippen molar-refractivity contribution in [2.24, 2.45) is 0 Å². The maximum atomic E-state index is 5.76. The van der Waals surface area contributed by atoms with Gasteiger partial charge in [-0.25, -0.2) is 0 Å². The number of nitrogens with two attached hydrogens (primary N) is 1. The summed E-state index contributed by atoms with van der Waals surface area (Å²) < 4.78 is 6.21. The number of furan rings is 1. The van der Waals surface area contributed by atoms with Gasteiger partial charge in [0.2, 0.25) is 0 Å². The van der Waals surface area contributed by atoms with Gasteiger partial charge in [0.05, 0.1) is 5.75 Å². The van der Waals surface area contributed by atoms with Crippen LogP contribution >= 0.6 is 27.7 Å². The van der Waals surface area contributed by atoms with Crippen LogP contribution in [0.2, 0.25) is 0 Å². The van der Waals surface area contributed by atoms with E-state index in [1.807, 2.05) is 30.3 Å². The molecule has 0 bridgehead atoms. The monoisotopic (exact) mass is 297 g/mol. The standard InChI is InChI=1S/C12H12BrNOS/c1-8-2-3-9(14)6-11(8)16-7-10-4-5-12(13)15-10/h2-6H,7,14H2,1H3. The third kappa shape index (κ3) is 2.83. The van der Waals surface area contributed by atoms with E-state index in [4.69, 9.17) is 10.2 Å². The number of rotatable bonds is 3. The zero-order chi connectivity index (χ0) is 11.5. The van der Waals surface area contributed by atoms with Crippen LogP contribution in [0.25, 0.3) is 0 Å². The summed E-state index contributed by atoms with van der Waals surface area (Å²) in [5, 5.41) is 0. The first-order valence-corrected chi connectivity index (χ1v) is 6.66. The van der Waals surface area contributed by atoms with Crippen molar-refractivity contribution in [3.05, 3.63) is 46.3 Å². The molecule has 4 heteroatoms. The van der Waals surface area contributed by atoms with Crippen molar-refractivity contribution >= 4 is 33.4 Å². The van der Waals surface area contributed by atoms with E-state index in [1.165, 1.54) is 10.5 Å². The number of nitrogen functional groups attached to an aromatic ring is 1. The Balaban J connectivity index is 2.07. The molecule has 0 aliphatic rings.